The van der Waals surface area contributed by atoms with E-state index >= 15 is 0 Å². The molecule has 1 heterocycles. The Morgan fingerprint density at radius 2 is 2.29 bits per heavy atom. The van der Waals surface area contributed by atoms with E-state index in [9.17, 15) is 0 Å². The third-order valence-corrected chi connectivity index (χ3v) is 2.57. The maximum absolute atomic E-state index is 7.53. The highest BCUT2D eigenvalue weighted by molar-refractivity contribution is 5.76. The van der Waals surface area contributed by atoms with Crippen LogP contribution in [0.15, 0.2) is 0 Å². The van der Waals surface area contributed by atoms with Crippen molar-refractivity contribution in [2.75, 3.05) is 19.6 Å². The van der Waals surface area contributed by atoms with E-state index in [2.05, 4.69) is 10.2 Å². The first-order chi connectivity index (χ1) is 6.59. The summed E-state index contributed by atoms with van der Waals surface area (Å²) in [6.45, 7) is 4.47. The average Bonchev–Trinajstić information content (AvgIpc) is 2.15. The molecule has 1 aliphatic heterocycles. The first-order valence-electron chi connectivity index (χ1n) is 4.97. The lowest BCUT2D eigenvalue weighted by Crippen LogP contribution is -2.43. The molecule has 0 spiro atoms. The van der Waals surface area contributed by atoms with Gasteiger partial charge in [-0.25, -0.2) is 0 Å². The van der Waals surface area contributed by atoms with Crippen molar-refractivity contribution in [2.24, 2.45) is 11.7 Å². The van der Waals surface area contributed by atoms with Crippen molar-refractivity contribution in [3.8, 4) is 0 Å². The van der Waals surface area contributed by atoms with Crippen molar-refractivity contribution in [3.63, 3.8) is 0 Å². The molecule has 5 nitrogen and oxygen atoms in total. The van der Waals surface area contributed by atoms with E-state index in [0.29, 0.717) is 11.8 Å². The van der Waals surface area contributed by atoms with Crippen molar-refractivity contribution in [2.45, 2.75) is 19.8 Å². The lowest BCUT2D eigenvalue weighted by Gasteiger charge is -2.33. The van der Waals surface area contributed by atoms with E-state index in [1.165, 1.54) is 0 Å². The Bertz CT molecular complexity index is 225. The maximum Gasteiger partial charge on any atom is 0.185 e. The first kappa shape index (κ1) is 10.8. The standard InChI is InChI=1S/C9H19N5/c1-7(10)14-4-2-3-8(6-14)5-13-9(11)12/h8,10H,2-6H2,1H3,(H4,11,12,13). The molecular formula is C9H19N5. The zero-order chi connectivity index (χ0) is 10.6. The van der Waals surface area contributed by atoms with Crippen LogP contribution in [0.5, 0.6) is 0 Å². The Kier molecular flexibility index (Phi) is 3.73. The molecule has 1 aliphatic rings. The lowest BCUT2D eigenvalue weighted by atomic mass is 9.98. The van der Waals surface area contributed by atoms with Crippen LogP contribution in [0.1, 0.15) is 19.8 Å². The van der Waals surface area contributed by atoms with E-state index in [0.717, 1.165) is 32.5 Å². The van der Waals surface area contributed by atoms with Gasteiger partial charge in [0.05, 0.1) is 5.84 Å². The third-order valence-electron chi connectivity index (χ3n) is 2.57. The Morgan fingerprint density at radius 3 is 2.86 bits per heavy atom. The van der Waals surface area contributed by atoms with Gasteiger partial charge in [0.1, 0.15) is 0 Å². The zero-order valence-corrected chi connectivity index (χ0v) is 8.64. The fraction of sp³-hybridized carbons (Fsp3) is 0.778. The monoisotopic (exact) mass is 197 g/mol. The van der Waals surface area contributed by atoms with Gasteiger partial charge in [-0.3, -0.25) is 10.8 Å². The molecule has 0 radical (unpaired) electrons. The van der Waals surface area contributed by atoms with Gasteiger partial charge in [0, 0.05) is 19.6 Å². The minimum Gasteiger partial charge on any atom is -0.370 e. The lowest BCUT2D eigenvalue weighted by molar-refractivity contribution is 0.256. The van der Waals surface area contributed by atoms with Crippen molar-refractivity contribution in [3.05, 3.63) is 0 Å². The van der Waals surface area contributed by atoms with Crippen LogP contribution >= 0.6 is 0 Å². The van der Waals surface area contributed by atoms with Crippen molar-refractivity contribution >= 4 is 11.8 Å². The molecule has 0 aromatic carbocycles. The number of amidine groups is 1. The van der Waals surface area contributed by atoms with Crippen LogP contribution in [0.2, 0.25) is 0 Å². The fourth-order valence-corrected chi connectivity index (χ4v) is 1.79. The van der Waals surface area contributed by atoms with Crippen LogP contribution in [0, 0.1) is 16.7 Å². The molecule has 0 aromatic heterocycles. The number of hydrogen-bond donors (Lipinski definition) is 4. The minimum absolute atomic E-state index is 0.0358. The molecule has 0 aliphatic carbocycles. The number of nitrogens with two attached hydrogens (primary N) is 1. The summed E-state index contributed by atoms with van der Waals surface area (Å²) in [4.78, 5) is 2.08. The quantitative estimate of drug-likeness (QED) is 0.376. The number of likely N-dealkylation sites (tertiary alicyclic amines) is 1. The number of piperidine rings is 1. The average molecular weight is 197 g/mol. The van der Waals surface area contributed by atoms with Gasteiger partial charge in [0.25, 0.3) is 0 Å². The number of guanidine groups is 1. The number of nitrogens with one attached hydrogen (secondary N) is 3. The van der Waals surface area contributed by atoms with E-state index in [4.69, 9.17) is 16.6 Å². The van der Waals surface area contributed by atoms with Crippen LogP contribution in [0.25, 0.3) is 0 Å². The molecule has 5 heteroatoms. The summed E-state index contributed by atoms with van der Waals surface area (Å²) in [6, 6.07) is 0. The van der Waals surface area contributed by atoms with Gasteiger partial charge in [-0.2, -0.15) is 0 Å². The smallest absolute Gasteiger partial charge is 0.185 e. The summed E-state index contributed by atoms with van der Waals surface area (Å²) in [6.07, 6.45) is 2.28. The second kappa shape index (κ2) is 4.83. The molecule has 1 saturated heterocycles. The number of nitrogens with zero attached hydrogens (tertiary/aromatic N) is 1. The normalized spacial score (nSPS) is 21.8. The van der Waals surface area contributed by atoms with Crippen molar-refractivity contribution < 1.29 is 0 Å². The summed E-state index contributed by atoms with van der Waals surface area (Å²) in [5.74, 6) is 1.18. The maximum atomic E-state index is 7.53. The Labute approximate surface area is 84.7 Å². The Hall–Kier alpha value is -1.26. The molecule has 1 rings (SSSR count). The van der Waals surface area contributed by atoms with E-state index in [1.807, 2.05) is 6.92 Å². The summed E-state index contributed by atoms with van der Waals surface area (Å²) in [5, 5.41) is 17.4. The second-order valence-corrected chi connectivity index (χ2v) is 3.83. The summed E-state index contributed by atoms with van der Waals surface area (Å²) < 4.78 is 0. The van der Waals surface area contributed by atoms with Gasteiger partial charge in [-0.1, -0.05) is 0 Å². The molecule has 5 N–H and O–H groups in total. The summed E-state index contributed by atoms with van der Waals surface area (Å²) >= 11 is 0. The largest absolute Gasteiger partial charge is 0.370 e. The SMILES string of the molecule is CC(=N)N1CCCC(CNC(=N)N)C1. The Morgan fingerprint density at radius 1 is 1.57 bits per heavy atom. The van der Waals surface area contributed by atoms with E-state index in [-0.39, 0.29) is 5.96 Å². The van der Waals surface area contributed by atoms with E-state index < -0.39 is 0 Å². The van der Waals surface area contributed by atoms with Crippen LogP contribution in [0.3, 0.4) is 0 Å². The highest BCUT2D eigenvalue weighted by atomic mass is 15.2. The predicted molar refractivity (Wildman–Crippen MR) is 57.6 cm³/mol. The second-order valence-electron chi connectivity index (χ2n) is 3.83. The predicted octanol–water partition coefficient (Wildman–Crippen LogP) is 0.179. The molecule has 0 bridgehead atoms. The molecule has 1 fully saturated rings. The van der Waals surface area contributed by atoms with Gasteiger partial charge in [0.2, 0.25) is 0 Å². The third kappa shape index (κ3) is 3.24. The summed E-state index contributed by atoms with van der Waals surface area (Å²) in [5.41, 5.74) is 5.22. The van der Waals surface area contributed by atoms with Crippen LogP contribution in [0.4, 0.5) is 0 Å². The molecule has 1 atom stereocenters. The minimum atomic E-state index is 0.0358. The van der Waals surface area contributed by atoms with Crippen molar-refractivity contribution in [1.82, 2.24) is 10.2 Å². The number of rotatable bonds is 2. The Balaban J connectivity index is 2.32. The van der Waals surface area contributed by atoms with Gasteiger partial charge < -0.3 is 16.0 Å². The highest BCUT2D eigenvalue weighted by Crippen LogP contribution is 2.15. The molecule has 1 unspecified atom stereocenters. The molecule has 0 saturated carbocycles. The first-order valence-corrected chi connectivity index (χ1v) is 4.97. The van der Waals surface area contributed by atoms with Crippen molar-refractivity contribution in [1.29, 1.82) is 10.8 Å². The van der Waals surface area contributed by atoms with Gasteiger partial charge in [-0.05, 0) is 25.7 Å². The van der Waals surface area contributed by atoms with Gasteiger partial charge in [0.15, 0.2) is 5.96 Å². The topological polar surface area (TPSA) is 89.0 Å². The summed E-state index contributed by atoms with van der Waals surface area (Å²) in [7, 11) is 0. The van der Waals surface area contributed by atoms with Crippen LogP contribution < -0.4 is 11.1 Å². The van der Waals surface area contributed by atoms with Gasteiger partial charge >= 0.3 is 0 Å². The zero-order valence-electron chi connectivity index (χ0n) is 8.64. The molecule has 14 heavy (non-hydrogen) atoms. The van der Waals surface area contributed by atoms with Crippen LogP contribution in [-0.2, 0) is 0 Å². The van der Waals surface area contributed by atoms with Gasteiger partial charge in [-0.15, -0.1) is 0 Å². The number of hydrogen-bond acceptors (Lipinski definition) is 2. The molecule has 0 aromatic rings. The molecule has 0 amide bonds. The molecule has 80 valence electrons. The fourth-order valence-electron chi connectivity index (χ4n) is 1.79. The molecular weight excluding hydrogens is 178 g/mol. The highest BCUT2D eigenvalue weighted by Gasteiger charge is 2.19. The van der Waals surface area contributed by atoms with E-state index in [1.54, 1.807) is 0 Å². The van der Waals surface area contributed by atoms with Crippen LogP contribution in [-0.4, -0.2) is 36.3 Å².